The van der Waals surface area contributed by atoms with Gasteiger partial charge in [-0.1, -0.05) is 54.6 Å². The van der Waals surface area contributed by atoms with Crippen molar-refractivity contribution >= 4 is 16.8 Å². The molecule has 1 heterocycles. The molecule has 0 radical (unpaired) electrons. The molecule has 3 aromatic rings. The molecule has 0 aromatic heterocycles. The predicted octanol–water partition coefficient (Wildman–Crippen LogP) is 4.62. The van der Waals surface area contributed by atoms with E-state index in [0.29, 0.717) is 12.5 Å². The van der Waals surface area contributed by atoms with Gasteiger partial charge >= 0.3 is 6.03 Å². The van der Waals surface area contributed by atoms with Crippen molar-refractivity contribution in [3.8, 4) is 5.75 Å². The summed E-state index contributed by atoms with van der Waals surface area (Å²) < 4.78 is 5.22. The summed E-state index contributed by atoms with van der Waals surface area (Å²) in [5, 5.41) is 5.50. The number of carbonyl (C=O) groups excluding carboxylic acids is 1. The van der Waals surface area contributed by atoms with Crippen LogP contribution >= 0.6 is 0 Å². The number of likely N-dealkylation sites (tertiary alicyclic amines) is 1. The maximum atomic E-state index is 12.6. The smallest absolute Gasteiger partial charge is 0.317 e. The van der Waals surface area contributed by atoms with Crippen LogP contribution in [0.15, 0.2) is 66.7 Å². The van der Waals surface area contributed by atoms with Gasteiger partial charge in [-0.3, -0.25) is 0 Å². The highest BCUT2D eigenvalue weighted by atomic mass is 16.5. The summed E-state index contributed by atoms with van der Waals surface area (Å²) in [6, 6.07) is 22.8. The van der Waals surface area contributed by atoms with E-state index >= 15 is 0 Å². The Kier molecular flexibility index (Phi) is 5.47. The van der Waals surface area contributed by atoms with E-state index in [-0.39, 0.29) is 6.03 Å². The number of rotatable bonds is 5. The first-order valence-corrected chi connectivity index (χ1v) is 9.85. The highest BCUT2D eigenvalue weighted by molar-refractivity contribution is 5.86. The standard InChI is InChI=1S/C24H26N2O2/c1-28-22-11-9-18(10-12-22)15-19-13-14-26(17-19)24(27)25-16-21-7-4-6-20-5-2-3-8-23(20)21/h2-12,19H,13-17H2,1H3,(H,25,27). The number of nitrogens with zero attached hydrogens (tertiary/aromatic N) is 1. The molecular formula is C24H26N2O2. The van der Waals surface area contributed by atoms with Crippen molar-refractivity contribution < 1.29 is 9.53 Å². The van der Waals surface area contributed by atoms with Gasteiger partial charge in [0, 0.05) is 19.6 Å². The van der Waals surface area contributed by atoms with E-state index in [1.165, 1.54) is 16.3 Å². The van der Waals surface area contributed by atoms with Gasteiger partial charge in [0.05, 0.1) is 7.11 Å². The molecule has 2 amide bonds. The largest absolute Gasteiger partial charge is 0.497 e. The number of carbonyl (C=O) groups is 1. The van der Waals surface area contributed by atoms with E-state index in [9.17, 15) is 4.79 Å². The number of hydrogen-bond acceptors (Lipinski definition) is 2. The van der Waals surface area contributed by atoms with Crippen molar-refractivity contribution in [2.45, 2.75) is 19.4 Å². The molecule has 1 aliphatic rings. The van der Waals surface area contributed by atoms with E-state index in [1.54, 1.807) is 7.11 Å². The van der Waals surface area contributed by atoms with Crippen LogP contribution in [0.2, 0.25) is 0 Å². The number of amides is 2. The van der Waals surface area contributed by atoms with E-state index in [4.69, 9.17) is 4.74 Å². The predicted molar refractivity (Wildman–Crippen MR) is 113 cm³/mol. The molecule has 1 aliphatic heterocycles. The summed E-state index contributed by atoms with van der Waals surface area (Å²) >= 11 is 0. The minimum atomic E-state index is 0.0326. The quantitative estimate of drug-likeness (QED) is 0.708. The van der Waals surface area contributed by atoms with Crippen LogP contribution in [0.4, 0.5) is 4.79 Å². The topological polar surface area (TPSA) is 41.6 Å². The molecule has 144 valence electrons. The van der Waals surface area contributed by atoms with Crippen LogP contribution in [-0.2, 0) is 13.0 Å². The van der Waals surface area contributed by atoms with Gasteiger partial charge in [-0.2, -0.15) is 0 Å². The van der Waals surface area contributed by atoms with Crippen LogP contribution < -0.4 is 10.1 Å². The van der Waals surface area contributed by atoms with Crippen LogP contribution in [0, 0.1) is 5.92 Å². The second kappa shape index (κ2) is 8.34. The molecule has 0 saturated carbocycles. The molecule has 0 spiro atoms. The number of nitrogens with one attached hydrogen (secondary N) is 1. The fourth-order valence-electron chi connectivity index (χ4n) is 4.01. The highest BCUT2D eigenvalue weighted by Gasteiger charge is 2.26. The Hall–Kier alpha value is -3.01. The molecule has 0 aliphatic carbocycles. The van der Waals surface area contributed by atoms with Crippen LogP contribution in [0.3, 0.4) is 0 Å². The maximum absolute atomic E-state index is 12.6. The lowest BCUT2D eigenvalue weighted by molar-refractivity contribution is 0.206. The molecule has 1 atom stereocenters. The van der Waals surface area contributed by atoms with E-state index in [2.05, 4.69) is 41.7 Å². The lowest BCUT2D eigenvalue weighted by Gasteiger charge is -2.18. The Labute approximate surface area is 166 Å². The molecule has 1 fully saturated rings. The van der Waals surface area contributed by atoms with Gasteiger partial charge in [-0.25, -0.2) is 4.79 Å². The lowest BCUT2D eigenvalue weighted by atomic mass is 9.99. The molecule has 3 aromatic carbocycles. The number of benzene rings is 3. The zero-order valence-corrected chi connectivity index (χ0v) is 16.2. The number of hydrogen-bond donors (Lipinski definition) is 1. The summed E-state index contributed by atoms with van der Waals surface area (Å²) in [5.41, 5.74) is 2.45. The van der Waals surface area contributed by atoms with E-state index in [1.807, 2.05) is 35.2 Å². The second-order valence-electron chi connectivity index (χ2n) is 7.45. The number of ether oxygens (including phenoxy) is 1. The van der Waals surface area contributed by atoms with Crippen molar-refractivity contribution in [1.29, 1.82) is 0 Å². The van der Waals surface area contributed by atoms with Crippen LogP contribution in [0.5, 0.6) is 5.75 Å². The molecule has 1 saturated heterocycles. The Balaban J connectivity index is 1.32. The third-order valence-corrected chi connectivity index (χ3v) is 5.57. The minimum absolute atomic E-state index is 0.0326. The Bertz CT molecular complexity index is 947. The first-order chi connectivity index (χ1) is 13.7. The number of methoxy groups -OCH3 is 1. The second-order valence-corrected chi connectivity index (χ2v) is 7.45. The average molecular weight is 374 g/mol. The summed E-state index contributed by atoms with van der Waals surface area (Å²) in [6.45, 7) is 2.19. The summed E-state index contributed by atoms with van der Waals surface area (Å²) in [6.07, 6.45) is 2.05. The lowest BCUT2D eigenvalue weighted by Crippen LogP contribution is -2.38. The van der Waals surface area contributed by atoms with Gasteiger partial charge in [0.15, 0.2) is 0 Å². The molecule has 4 heteroatoms. The van der Waals surface area contributed by atoms with E-state index < -0.39 is 0 Å². The minimum Gasteiger partial charge on any atom is -0.497 e. The van der Waals surface area contributed by atoms with Gasteiger partial charge in [0.1, 0.15) is 5.75 Å². The van der Waals surface area contributed by atoms with Crippen LogP contribution in [-0.4, -0.2) is 31.1 Å². The normalized spacial score (nSPS) is 16.3. The summed E-state index contributed by atoms with van der Waals surface area (Å²) in [5.74, 6) is 1.39. The Morgan fingerprint density at radius 3 is 2.68 bits per heavy atom. The van der Waals surface area contributed by atoms with Gasteiger partial charge in [0.25, 0.3) is 0 Å². The van der Waals surface area contributed by atoms with Gasteiger partial charge in [-0.15, -0.1) is 0 Å². The Morgan fingerprint density at radius 1 is 1.07 bits per heavy atom. The van der Waals surface area contributed by atoms with Crippen molar-refractivity contribution in [2.24, 2.45) is 5.92 Å². The number of fused-ring (bicyclic) bond motifs is 1. The van der Waals surface area contributed by atoms with E-state index in [0.717, 1.165) is 37.2 Å². The first-order valence-electron chi connectivity index (χ1n) is 9.85. The van der Waals surface area contributed by atoms with Crippen LogP contribution in [0.1, 0.15) is 17.5 Å². The molecule has 4 rings (SSSR count). The van der Waals surface area contributed by atoms with Gasteiger partial charge in [-0.05, 0) is 52.8 Å². The molecule has 0 bridgehead atoms. The van der Waals surface area contributed by atoms with Gasteiger partial charge in [0.2, 0.25) is 0 Å². The maximum Gasteiger partial charge on any atom is 0.317 e. The number of urea groups is 1. The van der Waals surface area contributed by atoms with Crippen molar-refractivity contribution in [3.05, 3.63) is 77.9 Å². The summed E-state index contributed by atoms with van der Waals surface area (Å²) in [4.78, 5) is 14.6. The zero-order chi connectivity index (χ0) is 19.3. The monoisotopic (exact) mass is 374 g/mol. The zero-order valence-electron chi connectivity index (χ0n) is 16.2. The first kappa shape index (κ1) is 18.4. The third-order valence-electron chi connectivity index (χ3n) is 5.57. The fourth-order valence-corrected chi connectivity index (χ4v) is 4.01. The average Bonchev–Trinajstić information content (AvgIpc) is 3.21. The van der Waals surface area contributed by atoms with Gasteiger partial charge < -0.3 is 15.0 Å². The highest BCUT2D eigenvalue weighted by Crippen LogP contribution is 2.23. The van der Waals surface area contributed by atoms with Crippen molar-refractivity contribution in [2.75, 3.05) is 20.2 Å². The summed E-state index contributed by atoms with van der Waals surface area (Å²) in [7, 11) is 1.68. The molecular weight excluding hydrogens is 348 g/mol. The molecule has 1 unspecified atom stereocenters. The molecule has 4 nitrogen and oxygen atoms in total. The SMILES string of the molecule is COc1ccc(CC2CCN(C(=O)NCc3cccc4ccccc34)C2)cc1. The van der Waals surface area contributed by atoms with Crippen molar-refractivity contribution in [3.63, 3.8) is 0 Å². The Morgan fingerprint density at radius 2 is 1.86 bits per heavy atom. The van der Waals surface area contributed by atoms with Crippen LogP contribution in [0.25, 0.3) is 10.8 Å². The van der Waals surface area contributed by atoms with Crippen molar-refractivity contribution in [1.82, 2.24) is 10.2 Å². The third kappa shape index (κ3) is 4.11. The fraction of sp³-hybridized carbons (Fsp3) is 0.292. The molecule has 1 N–H and O–H groups in total. The molecule has 28 heavy (non-hydrogen) atoms.